The van der Waals surface area contributed by atoms with Crippen LogP contribution in [-0.2, 0) is 16.1 Å². The number of amides is 1. The Kier molecular flexibility index (Phi) is 7.36. The molecule has 0 fully saturated rings. The molecule has 0 saturated heterocycles. The average Bonchev–Trinajstić information content (AvgIpc) is 2.64. The molecule has 1 amide bonds. The van der Waals surface area contributed by atoms with Gasteiger partial charge in [0.05, 0.1) is 19.2 Å². The SMILES string of the molecule is CCCN(CC(=O)Nc1cc(C(=O)OC)ccc1C)Cc1ccccc1. The molecular formula is C21H26N2O3. The van der Waals surface area contributed by atoms with Crippen LogP contribution in [0.3, 0.4) is 0 Å². The summed E-state index contributed by atoms with van der Waals surface area (Å²) >= 11 is 0. The number of hydrogen-bond acceptors (Lipinski definition) is 4. The van der Waals surface area contributed by atoms with Gasteiger partial charge >= 0.3 is 5.97 Å². The average molecular weight is 354 g/mol. The molecule has 2 rings (SSSR count). The van der Waals surface area contributed by atoms with Gasteiger partial charge in [0.15, 0.2) is 0 Å². The third kappa shape index (κ3) is 5.70. The Bertz CT molecular complexity index is 744. The van der Waals surface area contributed by atoms with Gasteiger partial charge in [0.2, 0.25) is 5.91 Å². The normalized spacial score (nSPS) is 10.6. The van der Waals surface area contributed by atoms with E-state index in [0.29, 0.717) is 17.8 Å². The zero-order valence-electron chi connectivity index (χ0n) is 15.6. The molecule has 26 heavy (non-hydrogen) atoms. The summed E-state index contributed by atoms with van der Waals surface area (Å²) in [5.74, 6) is -0.517. The Morgan fingerprint density at radius 1 is 1.12 bits per heavy atom. The fraction of sp³-hybridized carbons (Fsp3) is 0.333. The number of carbonyl (C=O) groups is 2. The minimum absolute atomic E-state index is 0.0977. The van der Waals surface area contributed by atoms with Gasteiger partial charge in [-0.25, -0.2) is 4.79 Å². The second-order valence-electron chi connectivity index (χ2n) is 6.27. The van der Waals surface area contributed by atoms with E-state index in [2.05, 4.69) is 29.3 Å². The van der Waals surface area contributed by atoms with Crippen LogP contribution in [0.2, 0.25) is 0 Å². The Hall–Kier alpha value is -2.66. The van der Waals surface area contributed by atoms with Gasteiger partial charge in [-0.1, -0.05) is 43.3 Å². The number of carbonyl (C=O) groups excluding carboxylic acids is 2. The number of hydrogen-bond donors (Lipinski definition) is 1. The summed E-state index contributed by atoms with van der Waals surface area (Å²) in [6.45, 7) is 5.85. The van der Waals surface area contributed by atoms with Gasteiger partial charge in [0, 0.05) is 12.2 Å². The van der Waals surface area contributed by atoms with Gasteiger partial charge in [-0.2, -0.15) is 0 Å². The maximum absolute atomic E-state index is 12.5. The number of methoxy groups -OCH3 is 1. The van der Waals surface area contributed by atoms with E-state index < -0.39 is 5.97 Å². The molecule has 2 aromatic carbocycles. The molecule has 0 aliphatic heterocycles. The monoisotopic (exact) mass is 354 g/mol. The molecule has 0 spiro atoms. The summed E-state index contributed by atoms with van der Waals surface area (Å²) in [6.07, 6.45) is 0.969. The molecule has 1 N–H and O–H groups in total. The highest BCUT2D eigenvalue weighted by Gasteiger charge is 2.13. The molecule has 5 heteroatoms. The lowest BCUT2D eigenvalue weighted by Crippen LogP contribution is -2.33. The number of anilines is 1. The fourth-order valence-corrected chi connectivity index (χ4v) is 2.77. The van der Waals surface area contributed by atoms with Gasteiger partial charge < -0.3 is 10.1 Å². The Morgan fingerprint density at radius 2 is 1.85 bits per heavy atom. The Labute approximate surface area is 155 Å². The topological polar surface area (TPSA) is 58.6 Å². The van der Waals surface area contributed by atoms with Crippen molar-refractivity contribution in [1.82, 2.24) is 4.90 Å². The van der Waals surface area contributed by atoms with Crippen molar-refractivity contribution in [2.24, 2.45) is 0 Å². The van der Waals surface area contributed by atoms with Crippen molar-refractivity contribution < 1.29 is 14.3 Å². The number of esters is 1. The Morgan fingerprint density at radius 3 is 2.50 bits per heavy atom. The standard InChI is InChI=1S/C21H26N2O3/c1-4-12-23(14-17-8-6-5-7-9-17)15-20(24)22-19-13-18(21(25)26-3)11-10-16(19)2/h5-11,13H,4,12,14-15H2,1-3H3,(H,22,24). The highest BCUT2D eigenvalue weighted by Crippen LogP contribution is 2.18. The lowest BCUT2D eigenvalue weighted by atomic mass is 10.1. The number of benzene rings is 2. The lowest BCUT2D eigenvalue weighted by Gasteiger charge is -2.21. The van der Waals surface area contributed by atoms with E-state index in [1.807, 2.05) is 25.1 Å². The first-order valence-electron chi connectivity index (χ1n) is 8.78. The minimum Gasteiger partial charge on any atom is -0.465 e. The van der Waals surface area contributed by atoms with Gasteiger partial charge in [0.25, 0.3) is 0 Å². The van der Waals surface area contributed by atoms with E-state index in [9.17, 15) is 9.59 Å². The number of aryl methyl sites for hydroxylation is 1. The zero-order valence-corrected chi connectivity index (χ0v) is 15.6. The second kappa shape index (κ2) is 9.73. The van der Waals surface area contributed by atoms with Crippen molar-refractivity contribution in [2.75, 3.05) is 25.5 Å². The minimum atomic E-state index is -0.419. The van der Waals surface area contributed by atoms with Crippen molar-refractivity contribution in [3.05, 3.63) is 65.2 Å². The molecule has 0 saturated carbocycles. The summed E-state index contributed by atoms with van der Waals surface area (Å²) in [7, 11) is 1.34. The van der Waals surface area contributed by atoms with Crippen molar-refractivity contribution in [1.29, 1.82) is 0 Å². The maximum atomic E-state index is 12.5. The van der Waals surface area contributed by atoms with Crippen LogP contribution in [0.4, 0.5) is 5.69 Å². The highest BCUT2D eigenvalue weighted by molar-refractivity contribution is 5.96. The zero-order chi connectivity index (χ0) is 18.9. The van der Waals surface area contributed by atoms with Gasteiger partial charge in [-0.15, -0.1) is 0 Å². The Balaban J connectivity index is 2.04. The maximum Gasteiger partial charge on any atom is 0.337 e. The van der Waals surface area contributed by atoms with Crippen molar-refractivity contribution in [3.63, 3.8) is 0 Å². The number of ether oxygens (including phenoxy) is 1. The predicted molar refractivity (Wildman–Crippen MR) is 103 cm³/mol. The molecule has 0 bridgehead atoms. The quantitative estimate of drug-likeness (QED) is 0.736. The van der Waals surface area contributed by atoms with Crippen LogP contribution in [0.15, 0.2) is 48.5 Å². The van der Waals surface area contributed by atoms with E-state index >= 15 is 0 Å². The molecule has 0 atom stereocenters. The van der Waals surface area contributed by atoms with Crippen molar-refractivity contribution in [3.8, 4) is 0 Å². The second-order valence-corrected chi connectivity index (χ2v) is 6.27. The van der Waals surface area contributed by atoms with E-state index in [4.69, 9.17) is 4.74 Å². The van der Waals surface area contributed by atoms with Crippen LogP contribution in [0.5, 0.6) is 0 Å². The molecule has 0 aliphatic carbocycles. The lowest BCUT2D eigenvalue weighted by molar-refractivity contribution is -0.117. The number of nitrogens with zero attached hydrogens (tertiary/aromatic N) is 1. The summed E-state index contributed by atoms with van der Waals surface area (Å²) in [5.41, 5.74) is 3.13. The third-order valence-corrected chi connectivity index (χ3v) is 4.09. The largest absolute Gasteiger partial charge is 0.465 e. The first kappa shape index (κ1) is 19.7. The van der Waals surface area contributed by atoms with Crippen molar-refractivity contribution in [2.45, 2.75) is 26.8 Å². The number of nitrogens with one attached hydrogen (secondary N) is 1. The number of rotatable bonds is 8. The summed E-state index contributed by atoms with van der Waals surface area (Å²) in [4.78, 5) is 26.3. The molecule has 0 unspecified atom stereocenters. The smallest absolute Gasteiger partial charge is 0.337 e. The van der Waals surface area contributed by atoms with Crippen LogP contribution >= 0.6 is 0 Å². The van der Waals surface area contributed by atoms with Crippen LogP contribution in [0.1, 0.15) is 34.8 Å². The van der Waals surface area contributed by atoms with E-state index in [1.165, 1.54) is 12.7 Å². The fourth-order valence-electron chi connectivity index (χ4n) is 2.77. The third-order valence-electron chi connectivity index (χ3n) is 4.09. The molecule has 0 aliphatic rings. The first-order chi connectivity index (χ1) is 12.5. The molecule has 0 aromatic heterocycles. The van der Waals surface area contributed by atoms with E-state index in [-0.39, 0.29) is 5.91 Å². The van der Waals surface area contributed by atoms with Crippen molar-refractivity contribution >= 4 is 17.6 Å². The summed E-state index contributed by atoms with van der Waals surface area (Å²) < 4.78 is 4.74. The van der Waals surface area contributed by atoms with Crippen LogP contribution < -0.4 is 5.32 Å². The first-order valence-corrected chi connectivity index (χ1v) is 8.78. The highest BCUT2D eigenvalue weighted by atomic mass is 16.5. The van der Waals surface area contributed by atoms with Gasteiger partial charge in [-0.05, 0) is 43.1 Å². The van der Waals surface area contributed by atoms with Gasteiger partial charge in [-0.3, -0.25) is 9.69 Å². The molecule has 138 valence electrons. The van der Waals surface area contributed by atoms with E-state index in [0.717, 1.165) is 25.1 Å². The van der Waals surface area contributed by atoms with E-state index in [1.54, 1.807) is 18.2 Å². The van der Waals surface area contributed by atoms with Crippen LogP contribution in [-0.4, -0.2) is 37.0 Å². The molecule has 0 radical (unpaired) electrons. The van der Waals surface area contributed by atoms with Crippen LogP contribution in [0, 0.1) is 6.92 Å². The van der Waals surface area contributed by atoms with Crippen LogP contribution in [0.25, 0.3) is 0 Å². The molecule has 5 nitrogen and oxygen atoms in total. The molecular weight excluding hydrogens is 328 g/mol. The van der Waals surface area contributed by atoms with Gasteiger partial charge in [0.1, 0.15) is 0 Å². The summed E-state index contributed by atoms with van der Waals surface area (Å²) in [5, 5.41) is 2.92. The molecule has 0 heterocycles. The molecule has 2 aromatic rings. The summed E-state index contributed by atoms with van der Waals surface area (Å²) in [6, 6.07) is 15.3. The predicted octanol–water partition coefficient (Wildman–Crippen LogP) is 3.63.